The standard InChI is InChI=1S/C21H20O3/c1-13-5-10-18-15(11-13)12-17(20(23)24-18)19(22)14-6-8-16(9-7-14)21(2,3)4/h5-12H,1-4H3. The molecule has 2 aromatic carbocycles. The van der Waals surface area contributed by atoms with E-state index in [9.17, 15) is 9.59 Å². The maximum Gasteiger partial charge on any atom is 0.347 e. The minimum atomic E-state index is -0.601. The van der Waals surface area contributed by atoms with Crippen molar-refractivity contribution in [2.24, 2.45) is 0 Å². The Morgan fingerprint density at radius 3 is 2.25 bits per heavy atom. The first-order valence-electron chi connectivity index (χ1n) is 7.95. The number of rotatable bonds is 2. The zero-order chi connectivity index (χ0) is 17.5. The summed E-state index contributed by atoms with van der Waals surface area (Å²) in [6.07, 6.45) is 0. The van der Waals surface area contributed by atoms with Gasteiger partial charge in [-0.1, -0.05) is 56.7 Å². The van der Waals surface area contributed by atoms with Gasteiger partial charge in [0.1, 0.15) is 11.1 Å². The molecule has 0 atom stereocenters. The molecular weight excluding hydrogens is 300 g/mol. The predicted molar refractivity (Wildman–Crippen MR) is 95.8 cm³/mol. The average Bonchev–Trinajstić information content (AvgIpc) is 2.53. The van der Waals surface area contributed by atoms with E-state index in [1.54, 1.807) is 24.3 Å². The number of carbonyl (C=O) groups is 1. The number of hydrogen-bond donors (Lipinski definition) is 0. The Morgan fingerprint density at radius 2 is 1.62 bits per heavy atom. The lowest BCUT2D eigenvalue weighted by Crippen LogP contribution is -2.15. The first kappa shape index (κ1) is 16.2. The molecule has 1 aromatic heterocycles. The summed E-state index contributed by atoms with van der Waals surface area (Å²) in [7, 11) is 0. The lowest BCUT2D eigenvalue weighted by Gasteiger charge is -2.18. The zero-order valence-electron chi connectivity index (χ0n) is 14.3. The van der Waals surface area contributed by atoms with Gasteiger partial charge in [-0.25, -0.2) is 4.79 Å². The van der Waals surface area contributed by atoms with E-state index in [1.165, 1.54) is 0 Å². The van der Waals surface area contributed by atoms with Crippen LogP contribution in [0.3, 0.4) is 0 Å². The molecule has 0 unspecified atom stereocenters. The Kier molecular flexibility index (Phi) is 3.88. The van der Waals surface area contributed by atoms with Crippen LogP contribution in [-0.2, 0) is 5.41 Å². The Labute approximate surface area is 140 Å². The Hall–Kier alpha value is -2.68. The van der Waals surface area contributed by atoms with E-state index >= 15 is 0 Å². The van der Waals surface area contributed by atoms with E-state index in [1.807, 2.05) is 31.2 Å². The first-order chi connectivity index (χ1) is 11.3. The molecule has 0 bridgehead atoms. The zero-order valence-corrected chi connectivity index (χ0v) is 14.3. The van der Waals surface area contributed by atoms with Gasteiger partial charge in [0.25, 0.3) is 0 Å². The van der Waals surface area contributed by atoms with Crippen LogP contribution in [0.1, 0.15) is 47.8 Å². The summed E-state index contributed by atoms with van der Waals surface area (Å²) < 4.78 is 5.29. The van der Waals surface area contributed by atoms with Crippen LogP contribution in [0.15, 0.2) is 57.7 Å². The lowest BCUT2D eigenvalue weighted by molar-refractivity contribution is 0.103. The van der Waals surface area contributed by atoms with E-state index in [0.717, 1.165) is 16.5 Å². The molecule has 0 aliphatic heterocycles. The summed E-state index contributed by atoms with van der Waals surface area (Å²) >= 11 is 0. The van der Waals surface area contributed by atoms with Gasteiger partial charge >= 0.3 is 5.63 Å². The van der Waals surface area contributed by atoms with Gasteiger partial charge in [-0.3, -0.25) is 4.79 Å². The summed E-state index contributed by atoms with van der Waals surface area (Å²) in [4.78, 5) is 24.9. The van der Waals surface area contributed by atoms with Gasteiger partial charge in [0.15, 0.2) is 5.78 Å². The highest BCUT2D eigenvalue weighted by Crippen LogP contribution is 2.23. The fraction of sp³-hybridized carbons (Fsp3) is 0.238. The molecular formula is C21H20O3. The molecule has 3 aromatic rings. The molecule has 0 saturated heterocycles. The van der Waals surface area contributed by atoms with Crippen molar-refractivity contribution in [2.75, 3.05) is 0 Å². The van der Waals surface area contributed by atoms with Crippen LogP contribution in [-0.4, -0.2) is 5.78 Å². The quantitative estimate of drug-likeness (QED) is 0.511. The number of hydrogen-bond acceptors (Lipinski definition) is 3. The molecule has 122 valence electrons. The minimum absolute atomic E-state index is 0.0150. The highest BCUT2D eigenvalue weighted by atomic mass is 16.4. The summed E-state index contributed by atoms with van der Waals surface area (Å²) in [5, 5.41) is 0.754. The molecule has 3 nitrogen and oxygen atoms in total. The van der Waals surface area contributed by atoms with Crippen molar-refractivity contribution in [2.45, 2.75) is 33.1 Å². The molecule has 1 heterocycles. The molecule has 0 aliphatic rings. The fourth-order valence-electron chi connectivity index (χ4n) is 2.68. The fourth-order valence-corrected chi connectivity index (χ4v) is 2.68. The SMILES string of the molecule is Cc1ccc2oc(=O)c(C(=O)c3ccc(C(C)(C)C)cc3)cc2c1. The van der Waals surface area contributed by atoms with Crippen molar-refractivity contribution < 1.29 is 9.21 Å². The van der Waals surface area contributed by atoms with Gasteiger partial charge in [0.2, 0.25) is 0 Å². The minimum Gasteiger partial charge on any atom is -0.422 e. The number of aryl methyl sites for hydroxylation is 1. The molecule has 0 spiro atoms. The Balaban J connectivity index is 2.05. The highest BCUT2D eigenvalue weighted by molar-refractivity contribution is 6.09. The van der Waals surface area contributed by atoms with E-state index in [-0.39, 0.29) is 16.8 Å². The van der Waals surface area contributed by atoms with Crippen molar-refractivity contribution in [3.05, 3.63) is 81.2 Å². The van der Waals surface area contributed by atoms with Crippen molar-refractivity contribution in [1.29, 1.82) is 0 Å². The second kappa shape index (κ2) is 5.75. The normalized spacial score (nSPS) is 11.7. The Bertz CT molecular complexity index is 971. The van der Waals surface area contributed by atoms with E-state index < -0.39 is 5.63 Å². The maximum atomic E-state index is 12.7. The molecule has 0 amide bonds. The maximum absolute atomic E-state index is 12.7. The molecule has 3 rings (SSSR count). The molecule has 0 aliphatic carbocycles. The number of carbonyl (C=O) groups excluding carboxylic acids is 1. The van der Waals surface area contributed by atoms with E-state index in [4.69, 9.17) is 4.42 Å². The second-order valence-electron chi connectivity index (χ2n) is 7.15. The smallest absolute Gasteiger partial charge is 0.347 e. The average molecular weight is 320 g/mol. The van der Waals surface area contributed by atoms with Crippen LogP contribution in [0.4, 0.5) is 0 Å². The van der Waals surface area contributed by atoms with Gasteiger partial charge in [-0.2, -0.15) is 0 Å². The van der Waals surface area contributed by atoms with Gasteiger partial charge in [-0.15, -0.1) is 0 Å². The van der Waals surface area contributed by atoms with Gasteiger partial charge < -0.3 is 4.42 Å². The van der Waals surface area contributed by atoms with Gasteiger partial charge in [-0.05, 0) is 36.1 Å². The summed E-state index contributed by atoms with van der Waals surface area (Å²) in [6.45, 7) is 8.30. The van der Waals surface area contributed by atoms with Crippen molar-refractivity contribution in [3.8, 4) is 0 Å². The molecule has 24 heavy (non-hydrogen) atoms. The van der Waals surface area contributed by atoms with Crippen LogP contribution in [0.25, 0.3) is 11.0 Å². The largest absolute Gasteiger partial charge is 0.422 e. The molecule has 0 radical (unpaired) electrons. The number of fused-ring (bicyclic) bond motifs is 1. The molecule has 3 heteroatoms. The van der Waals surface area contributed by atoms with Gasteiger partial charge in [0.05, 0.1) is 0 Å². The second-order valence-corrected chi connectivity index (χ2v) is 7.15. The highest BCUT2D eigenvalue weighted by Gasteiger charge is 2.18. The third-order valence-corrected chi connectivity index (χ3v) is 4.15. The molecule has 0 fully saturated rings. The topological polar surface area (TPSA) is 47.3 Å². The van der Waals surface area contributed by atoms with Crippen LogP contribution in [0, 0.1) is 6.92 Å². The summed E-state index contributed by atoms with van der Waals surface area (Å²) in [5.74, 6) is -0.312. The van der Waals surface area contributed by atoms with Crippen molar-refractivity contribution >= 4 is 16.8 Å². The number of ketones is 1. The van der Waals surface area contributed by atoms with Crippen LogP contribution in [0.5, 0.6) is 0 Å². The molecule has 0 saturated carbocycles. The Morgan fingerprint density at radius 1 is 0.958 bits per heavy atom. The van der Waals surface area contributed by atoms with Crippen molar-refractivity contribution in [3.63, 3.8) is 0 Å². The number of benzene rings is 2. The third-order valence-electron chi connectivity index (χ3n) is 4.15. The van der Waals surface area contributed by atoms with E-state index in [0.29, 0.717) is 11.1 Å². The van der Waals surface area contributed by atoms with E-state index in [2.05, 4.69) is 20.8 Å². The third kappa shape index (κ3) is 3.02. The first-order valence-corrected chi connectivity index (χ1v) is 7.95. The monoisotopic (exact) mass is 320 g/mol. The van der Waals surface area contributed by atoms with Crippen LogP contribution < -0.4 is 5.63 Å². The predicted octanol–water partition coefficient (Wildman–Crippen LogP) is 4.63. The van der Waals surface area contributed by atoms with Crippen LogP contribution >= 0.6 is 0 Å². The summed E-state index contributed by atoms with van der Waals surface area (Å²) in [6, 6.07) is 14.5. The van der Waals surface area contributed by atoms with Gasteiger partial charge in [0, 0.05) is 10.9 Å². The van der Waals surface area contributed by atoms with Crippen LogP contribution in [0.2, 0.25) is 0 Å². The molecule has 0 N–H and O–H groups in total. The van der Waals surface area contributed by atoms with Crippen molar-refractivity contribution in [1.82, 2.24) is 0 Å². The lowest BCUT2D eigenvalue weighted by atomic mass is 9.86. The summed E-state index contributed by atoms with van der Waals surface area (Å²) in [5.41, 5.74) is 2.64.